The van der Waals surface area contributed by atoms with Crippen LogP contribution in [0, 0.1) is 11.6 Å². The van der Waals surface area contributed by atoms with E-state index in [1.54, 1.807) is 19.1 Å². The van der Waals surface area contributed by atoms with E-state index in [9.17, 15) is 13.2 Å². The van der Waals surface area contributed by atoms with E-state index in [0.29, 0.717) is 18.4 Å². The summed E-state index contributed by atoms with van der Waals surface area (Å²) in [6.45, 7) is 3.40. The summed E-state index contributed by atoms with van der Waals surface area (Å²) in [5.74, 6) is -2.18. The predicted octanol–water partition coefficient (Wildman–Crippen LogP) is 5.84. The van der Waals surface area contributed by atoms with Gasteiger partial charge in [-0.15, -0.1) is 0 Å². The molecule has 0 heterocycles. The zero-order valence-corrected chi connectivity index (χ0v) is 13.2. The first kappa shape index (κ1) is 17.1. The molecule has 0 radical (unpaired) electrons. The zero-order valence-electron chi connectivity index (χ0n) is 13.2. The van der Waals surface area contributed by atoms with Gasteiger partial charge in [-0.3, -0.25) is 0 Å². The minimum atomic E-state index is -0.975. The highest BCUT2D eigenvalue weighted by molar-refractivity contribution is 5.65. The molecule has 0 fully saturated rings. The molecule has 2 rings (SSSR count). The number of rotatable bonds is 6. The lowest BCUT2D eigenvalue weighted by molar-refractivity contribution is 0.314. The Bertz CT molecular complexity index is 687. The SMILES string of the molecule is CCOc1ccc(-c2ccc(CCC=C(C)F)cc2)c(F)c1F. The summed E-state index contributed by atoms with van der Waals surface area (Å²) < 4.78 is 45.7. The summed E-state index contributed by atoms with van der Waals surface area (Å²) in [5.41, 5.74) is 1.79. The molecule has 0 saturated carbocycles. The van der Waals surface area contributed by atoms with E-state index in [0.717, 1.165) is 5.56 Å². The molecule has 122 valence electrons. The van der Waals surface area contributed by atoms with Crippen LogP contribution in [-0.2, 0) is 6.42 Å². The van der Waals surface area contributed by atoms with Gasteiger partial charge in [0.05, 0.1) is 12.4 Å². The fourth-order valence-corrected chi connectivity index (χ4v) is 2.31. The lowest BCUT2D eigenvalue weighted by atomic mass is 10.0. The smallest absolute Gasteiger partial charge is 0.201 e. The molecule has 0 unspecified atom stereocenters. The van der Waals surface area contributed by atoms with Gasteiger partial charge < -0.3 is 4.74 Å². The van der Waals surface area contributed by atoms with Gasteiger partial charge in [0.1, 0.15) is 0 Å². The largest absolute Gasteiger partial charge is 0.491 e. The van der Waals surface area contributed by atoms with E-state index in [-0.39, 0.29) is 23.7 Å². The standard InChI is InChI=1S/C19H19F3O/c1-3-23-17-12-11-16(18(21)19(17)22)15-9-7-14(8-10-15)6-4-5-13(2)20/h5,7-12H,3-4,6H2,1-2H3. The molecular weight excluding hydrogens is 301 g/mol. The Morgan fingerprint density at radius 3 is 2.35 bits per heavy atom. The highest BCUT2D eigenvalue weighted by atomic mass is 19.2. The Morgan fingerprint density at radius 1 is 1.04 bits per heavy atom. The highest BCUT2D eigenvalue weighted by Crippen LogP contribution is 2.30. The third-order valence-electron chi connectivity index (χ3n) is 3.47. The number of aryl methyl sites for hydroxylation is 1. The number of hydrogen-bond donors (Lipinski definition) is 0. The summed E-state index contributed by atoms with van der Waals surface area (Å²) in [6, 6.07) is 10.1. The molecule has 1 nitrogen and oxygen atoms in total. The van der Waals surface area contributed by atoms with Gasteiger partial charge in [0.25, 0.3) is 0 Å². The van der Waals surface area contributed by atoms with Gasteiger partial charge in [0.15, 0.2) is 11.6 Å². The fraction of sp³-hybridized carbons (Fsp3) is 0.263. The molecular formula is C19H19F3O. The van der Waals surface area contributed by atoms with Crippen molar-refractivity contribution >= 4 is 0 Å². The fourth-order valence-electron chi connectivity index (χ4n) is 2.31. The van der Waals surface area contributed by atoms with Crippen LogP contribution in [0.5, 0.6) is 5.75 Å². The summed E-state index contributed by atoms with van der Waals surface area (Å²) >= 11 is 0. The summed E-state index contributed by atoms with van der Waals surface area (Å²) in [6.07, 6.45) is 2.82. The Balaban J connectivity index is 2.19. The molecule has 0 aromatic heterocycles. The second-order valence-corrected chi connectivity index (χ2v) is 5.20. The van der Waals surface area contributed by atoms with Crippen molar-refractivity contribution in [1.29, 1.82) is 0 Å². The van der Waals surface area contributed by atoms with Crippen LogP contribution >= 0.6 is 0 Å². The minimum Gasteiger partial charge on any atom is -0.491 e. The molecule has 0 aliphatic carbocycles. The van der Waals surface area contributed by atoms with E-state index in [2.05, 4.69) is 0 Å². The molecule has 4 heteroatoms. The molecule has 0 aliphatic rings. The molecule has 23 heavy (non-hydrogen) atoms. The maximum Gasteiger partial charge on any atom is 0.201 e. The van der Waals surface area contributed by atoms with Crippen molar-refractivity contribution in [3.05, 3.63) is 65.5 Å². The van der Waals surface area contributed by atoms with E-state index < -0.39 is 11.6 Å². The van der Waals surface area contributed by atoms with Gasteiger partial charge >= 0.3 is 0 Å². The van der Waals surface area contributed by atoms with Crippen LogP contribution in [0.15, 0.2) is 48.3 Å². The molecule has 0 aliphatic heterocycles. The summed E-state index contributed by atoms with van der Waals surface area (Å²) in [7, 11) is 0. The third kappa shape index (κ3) is 4.38. The second kappa shape index (κ2) is 7.86. The van der Waals surface area contributed by atoms with Gasteiger partial charge in [0.2, 0.25) is 5.82 Å². The normalized spacial score (nSPS) is 11.6. The number of benzene rings is 2. The number of allylic oxidation sites excluding steroid dienone is 2. The van der Waals surface area contributed by atoms with Gasteiger partial charge in [-0.2, -0.15) is 4.39 Å². The number of hydrogen-bond acceptors (Lipinski definition) is 1. The molecule has 0 atom stereocenters. The first-order valence-corrected chi connectivity index (χ1v) is 7.55. The molecule has 2 aromatic carbocycles. The monoisotopic (exact) mass is 320 g/mol. The minimum absolute atomic E-state index is 0.0845. The van der Waals surface area contributed by atoms with Gasteiger partial charge in [-0.05, 0) is 49.9 Å². The van der Waals surface area contributed by atoms with Gasteiger partial charge in [-0.25, -0.2) is 8.78 Å². The summed E-state index contributed by atoms with van der Waals surface area (Å²) in [5, 5.41) is 0. The van der Waals surface area contributed by atoms with E-state index in [1.807, 2.05) is 12.1 Å². The first-order chi connectivity index (χ1) is 11.0. The van der Waals surface area contributed by atoms with Crippen molar-refractivity contribution in [3.63, 3.8) is 0 Å². The molecule has 0 spiro atoms. The second-order valence-electron chi connectivity index (χ2n) is 5.20. The zero-order chi connectivity index (χ0) is 16.8. The van der Waals surface area contributed by atoms with Crippen molar-refractivity contribution < 1.29 is 17.9 Å². The first-order valence-electron chi connectivity index (χ1n) is 7.55. The van der Waals surface area contributed by atoms with Crippen LogP contribution in [0.3, 0.4) is 0 Å². The van der Waals surface area contributed by atoms with E-state index >= 15 is 0 Å². The van der Waals surface area contributed by atoms with Crippen LogP contribution in [0.1, 0.15) is 25.8 Å². The maximum absolute atomic E-state index is 14.2. The predicted molar refractivity (Wildman–Crippen MR) is 86.1 cm³/mol. The van der Waals surface area contributed by atoms with E-state index in [1.165, 1.54) is 25.1 Å². The molecule has 0 amide bonds. The highest BCUT2D eigenvalue weighted by Gasteiger charge is 2.15. The van der Waals surface area contributed by atoms with Crippen LogP contribution in [0.25, 0.3) is 11.1 Å². The molecule has 0 bridgehead atoms. The van der Waals surface area contributed by atoms with E-state index in [4.69, 9.17) is 4.74 Å². The third-order valence-corrected chi connectivity index (χ3v) is 3.47. The Hall–Kier alpha value is -2.23. The Labute approximate surface area is 134 Å². The number of halogens is 3. The van der Waals surface area contributed by atoms with Crippen molar-refractivity contribution in [3.8, 4) is 16.9 Å². The number of ether oxygens (including phenoxy) is 1. The lowest BCUT2D eigenvalue weighted by Crippen LogP contribution is -1.98. The molecule has 0 saturated heterocycles. The van der Waals surface area contributed by atoms with Gasteiger partial charge in [0, 0.05) is 5.56 Å². The lowest BCUT2D eigenvalue weighted by Gasteiger charge is -2.09. The van der Waals surface area contributed by atoms with Gasteiger partial charge in [-0.1, -0.05) is 30.3 Å². The average Bonchev–Trinajstić information content (AvgIpc) is 2.53. The van der Waals surface area contributed by atoms with Crippen LogP contribution in [0.2, 0.25) is 0 Å². The molecule has 0 N–H and O–H groups in total. The Morgan fingerprint density at radius 2 is 1.74 bits per heavy atom. The Kier molecular flexibility index (Phi) is 5.85. The molecule has 2 aromatic rings. The quantitative estimate of drug-likeness (QED) is 0.650. The van der Waals surface area contributed by atoms with Crippen LogP contribution < -0.4 is 4.74 Å². The average molecular weight is 320 g/mol. The topological polar surface area (TPSA) is 9.23 Å². The maximum atomic E-state index is 14.2. The van der Waals surface area contributed by atoms with Crippen molar-refractivity contribution in [1.82, 2.24) is 0 Å². The van der Waals surface area contributed by atoms with Crippen LogP contribution in [0.4, 0.5) is 13.2 Å². The van der Waals surface area contributed by atoms with Crippen LogP contribution in [-0.4, -0.2) is 6.61 Å². The van der Waals surface area contributed by atoms with Crippen molar-refractivity contribution in [2.75, 3.05) is 6.61 Å². The van der Waals surface area contributed by atoms with Crippen molar-refractivity contribution in [2.24, 2.45) is 0 Å². The van der Waals surface area contributed by atoms with Crippen molar-refractivity contribution in [2.45, 2.75) is 26.7 Å². The summed E-state index contributed by atoms with van der Waals surface area (Å²) in [4.78, 5) is 0.